The highest BCUT2D eigenvalue weighted by atomic mass is 35.7. The second kappa shape index (κ2) is 30.9. The zero-order valence-corrected chi connectivity index (χ0v) is 27.7. The summed E-state index contributed by atoms with van der Waals surface area (Å²) in [6.07, 6.45) is 0.804. The van der Waals surface area contributed by atoms with Gasteiger partial charge in [0.2, 0.25) is 0 Å². The van der Waals surface area contributed by atoms with Gasteiger partial charge in [-0.05, 0) is 19.4 Å². The standard InChI is InChI=1S/C8H12N4O2.C5H8N4O2.C3H5ClO2S.4C2H6.2CH4/c1-6-3-12(10-9-6)5-7-4-11(2)8(13)14-7;1-9-3-4(2-7-8-6)11-5(9)10;1-3(2)7(4,5)6;4*1-2;;/h3,7H,4-5H2,1-2H3;4H,2-3H2,1H3;1H2,2H3;4*1-2H3;2*1H4/t7-;4-;;;;;;;/m10......./s1. The number of amides is 2. The van der Waals surface area contributed by atoms with Crippen molar-refractivity contribution < 1.29 is 27.5 Å². The number of ether oxygens (including phenoxy) is 2. The number of hydrogen-bond donors (Lipinski definition) is 0. The van der Waals surface area contributed by atoms with Gasteiger partial charge < -0.3 is 19.3 Å². The molecule has 0 aromatic carbocycles. The van der Waals surface area contributed by atoms with E-state index in [-0.39, 0.29) is 50.7 Å². The average molecular weight is 645 g/mol. The van der Waals surface area contributed by atoms with Gasteiger partial charge in [-0.25, -0.2) is 22.7 Å². The van der Waals surface area contributed by atoms with Crippen LogP contribution >= 0.6 is 10.7 Å². The summed E-state index contributed by atoms with van der Waals surface area (Å²) in [4.78, 5) is 27.3. The van der Waals surface area contributed by atoms with Crippen LogP contribution in [-0.4, -0.2) is 91.3 Å². The minimum Gasteiger partial charge on any atom is -0.444 e. The second-order valence-electron chi connectivity index (χ2n) is 6.91. The first kappa shape index (κ1) is 51.7. The molecule has 3 rings (SSSR count). The van der Waals surface area contributed by atoms with E-state index in [1.54, 1.807) is 23.7 Å². The molecule has 0 unspecified atom stereocenters. The largest absolute Gasteiger partial charge is 0.444 e. The highest BCUT2D eigenvalue weighted by Crippen LogP contribution is 2.10. The van der Waals surface area contributed by atoms with Crippen LogP contribution in [0, 0.1) is 6.92 Å². The van der Waals surface area contributed by atoms with Crippen molar-refractivity contribution >= 4 is 31.9 Å². The summed E-state index contributed by atoms with van der Waals surface area (Å²) in [5, 5.41) is 11.0. The van der Waals surface area contributed by atoms with Crippen LogP contribution in [-0.2, 0) is 25.1 Å². The molecule has 1 aromatic heterocycles. The summed E-state index contributed by atoms with van der Waals surface area (Å²) in [5.74, 6) is 0. The number of azide groups is 1. The lowest BCUT2D eigenvalue weighted by molar-refractivity contribution is 0.124. The molecule has 2 aliphatic heterocycles. The van der Waals surface area contributed by atoms with E-state index in [9.17, 15) is 18.0 Å². The molecular formula is C26H57ClN8O6S. The van der Waals surface area contributed by atoms with Gasteiger partial charge in [-0.15, -0.1) is 5.10 Å². The maximum atomic E-state index is 11.0. The van der Waals surface area contributed by atoms with Crippen LogP contribution < -0.4 is 0 Å². The highest BCUT2D eigenvalue weighted by molar-refractivity contribution is 8.16. The fourth-order valence-corrected chi connectivity index (χ4v) is 2.31. The van der Waals surface area contributed by atoms with Crippen LogP contribution in [0.3, 0.4) is 0 Å². The minimum absolute atomic E-state index is 0. The van der Waals surface area contributed by atoms with E-state index in [0.717, 1.165) is 5.69 Å². The van der Waals surface area contributed by atoms with Crippen molar-refractivity contribution in [3.05, 3.63) is 33.8 Å². The molecular weight excluding hydrogens is 588 g/mol. The van der Waals surface area contributed by atoms with Crippen molar-refractivity contribution in [2.45, 2.75) is 103 Å². The molecule has 0 bridgehead atoms. The summed E-state index contributed by atoms with van der Waals surface area (Å²) in [7, 11) is 4.63. The zero-order chi connectivity index (χ0) is 32.5. The van der Waals surface area contributed by atoms with Crippen molar-refractivity contribution in [3.63, 3.8) is 0 Å². The number of carbonyl (C=O) groups excluding carboxylic acids is 2. The molecule has 2 aliphatic rings. The molecule has 42 heavy (non-hydrogen) atoms. The van der Waals surface area contributed by atoms with Gasteiger partial charge in [0.05, 0.1) is 31.9 Å². The van der Waals surface area contributed by atoms with E-state index in [1.165, 1.54) is 11.8 Å². The summed E-state index contributed by atoms with van der Waals surface area (Å²) in [5.41, 5.74) is 8.83. The number of allylic oxidation sites excluding steroid dienone is 1. The SMILES string of the molecule is C.C.C=C(C)S(=O)(=O)Cl.CC.CC.CC.CC.CN1C[C@H](CN=[N+]=[N-])OC1=O.Cc1cn(C[C@H]2CN(C)C(=O)O2)nn1. The normalized spacial score (nSPS) is 15.5. The van der Waals surface area contributed by atoms with Gasteiger partial charge in [-0.3, -0.25) is 0 Å². The van der Waals surface area contributed by atoms with E-state index in [0.29, 0.717) is 19.6 Å². The molecule has 0 radical (unpaired) electrons. The summed E-state index contributed by atoms with van der Waals surface area (Å²) < 4.78 is 31.6. The number of likely N-dealkylation sites (N-methyl/N-ethyl adjacent to an activating group) is 2. The first-order valence-electron chi connectivity index (χ1n) is 13.1. The van der Waals surface area contributed by atoms with Crippen molar-refractivity contribution in [2.75, 3.05) is 33.7 Å². The summed E-state index contributed by atoms with van der Waals surface area (Å²) in [6, 6.07) is 0. The molecule has 250 valence electrons. The van der Waals surface area contributed by atoms with Crippen LogP contribution in [0.5, 0.6) is 0 Å². The Morgan fingerprint density at radius 1 is 1.02 bits per heavy atom. The molecule has 2 saturated heterocycles. The predicted molar refractivity (Wildman–Crippen MR) is 173 cm³/mol. The van der Waals surface area contributed by atoms with E-state index in [2.05, 4.69) is 26.9 Å². The first-order chi connectivity index (χ1) is 18.8. The molecule has 0 spiro atoms. The second-order valence-corrected chi connectivity index (χ2v) is 9.70. The maximum Gasteiger partial charge on any atom is 0.410 e. The molecule has 0 N–H and O–H groups in total. The molecule has 3 heterocycles. The van der Waals surface area contributed by atoms with Crippen LogP contribution in [0.4, 0.5) is 9.59 Å². The number of hydrogen-bond acceptors (Lipinski definition) is 9. The fourth-order valence-electron chi connectivity index (χ4n) is 2.31. The lowest BCUT2D eigenvalue weighted by Crippen LogP contribution is -2.22. The van der Waals surface area contributed by atoms with Crippen molar-refractivity contribution in [1.82, 2.24) is 24.8 Å². The third kappa shape index (κ3) is 24.7. The number of aromatic nitrogens is 3. The third-order valence-corrected chi connectivity index (χ3v) is 5.54. The van der Waals surface area contributed by atoms with Gasteiger partial charge in [0.15, 0.2) is 0 Å². The molecule has 0 saturated carbocycles. The van der Waals surface area contributed by atoms with E-state index in [4.69, 9.17) is 25.7 Å². The summed E-state index contributed by atoms with van der Waals surface area (Å²) >= 11 is 0. The van der Waals surface area contributed by atoms with Gasteiger partial charge in [0.1, 0.15) is 12.2 Å². The highest BCUT2D eigenvalue weighted by Gasteiger charge is 2.28. The Kier molecular flexibility index (Phi) is 38.0. The van der Waals surface area contributed by atoms with Crippen LogP contribution in [0.2, 0.25) is 0 Å². The number of cyclic esters (lactones) is 2. The topological polar surface area (TPSA) is 173 Å². The van der Waals surface area contributed by atoms with Crippen LogP contribution in [0.1, 0.15) is 82.9 Å². The van der Waals surface area contributed by atoms with Gasteiger partial charge in [-0.1, -0.05) is 87.1 Å². The number of halogens is 1. The first-order valence-corrected chi connectivity index (χ1v) is 15.5. The number of rotatable bonds is 5. The van der Waals surface area contributed by atoms with Crippen molar-refractivity contribution in [1.29, 1.82) is 0 Å². The Balaban J connectivity index is -0.000000105. The quantitative estimate of drug-likeness (QED) is 0.139. The predicted octanol–water partition coefficient (Wildman–Crippen LogP) is 7.25. The molecule has 0 aliphatic carbocycles. The molecule has 2 fully saturated rings. The fraction of sp³-hybridized carbons (Fsp3) is 0.769. The monoisotopic (exact) mass is 644 g/mol. The van der Waals surface area contributed by atoms with E-state index >= 15 is 0 Å². The lowest BCUT2D eigenvalue weighted by atomic mass is 10.3. The molecule has 2 atom stereocenters. The summed E-state index contributed by atoms with van der Waals surface area (Å²) in [6.45, 7) is 24.2. The average Bonchev–Trinajstić information content (AvgIpc) is 3.60. The van der Waals surface area contributed by atoms with Crippen molar-refractivity contribution in [2.24, 2.45) is 5.11 Å². The number of carbonyl (C=O) groups is 2. The van der Waals surface area contributed by atoms with Gasteiger partial charge in [-0.2, -0.15) is 0 Å². The van der Waals surface area contributed by atoms with Crippen molar-refractivity contribution in [3.8, 4) is 0 Å². The Bertz CT molecular complexity index is 983. The Hall–Kier alpha value is -3.03. The van der Waals surface area contributed by atoms with Gasteiger partial charge in [0, 0.05) is 40.8 Å². The molecule has 2 amide bonds. The Morgan fingerprint density at radius 2 is 1.40 bits per heavy atom. The number of aryl methyl sites for hydroxylation is 1. The minimum atomic E-state index is -3.46. The molecule has 14 nitrogen and oxygen atoms in total. The van der Waals surface area contributed by atoms with Crippen LogP contribution in [0.25, 0.3) is 10.4 Å². The third-order valence-electron chi connectivity index (χ3n) is 3.92. The lowest BCUT2D eigenvalue weighted by Gasteiger charge is -2.06. The van der Waals surface area contributed by atoms with Gasteiger partial charge >= 0.3 is 12.2 Å². The van der Waals surface area contributed by atoms with Gasteiger partial charge in [0.25, 0.3) is 9.05 Å². The maximum absolute atomic E-state index is 11.0. The van der Waals surface area contributed by atoms with E-state index < -0.39 is 9.05 Å². The smallest absolute Gasteiger partial charge is 0.410 e. The Labute approximate surface area is 259 Å². The zero-order valence-electron chi connectivity index (χ0n) is 26.1. The van der Waals surface area contributed by atoms with E-state index in [1.807, 2.05) is 68.5 Å². The Morgan fingerprint density at radius 3 is 1.67 bits per heavy atom. The molecule has 16 heteroatoms. The van der Waals surface area contributed by atoms with Crippen LogP contribution in [0.15, 0.2) is 22.8 Å². The molecule has 1 aromatic rings. The number of nitrogens with zero attached hydrogens (tertiary/aromatic N) is 8.